The minimum atomic E-state index is -0.333. The molecule has 1 amide bonds. The second-order valence-electron chi connectivity index (χ2n) is 3.67. The number of ketones is 1. The van der Waals surface area contributed by atoms with Gasteiger partial charge in [-0.3, -0.25) is 9.59 Å². The molecule has 0 saturated heterocycles. The summed E-state index contributed by atoms with van der Waals surface area (Å²) >= 11 is 0. The molecule has 2 rings (SSSR count). The largest absolute Gasteiger partial charge is 0.370 e. The highest BCUT2D eigenvalue weighted by Gasteiger charge is 2.06. The van der Waals surface area contributed by atoms with Crippen LogP contribution in [0.15, 0.2) is 60.7 Å². The third-order valence-corrected chi connectivity index (χ3v) is 2.07. The van der Waals surface area contributed by atoms with Crippen molar-refractivity contribution in [3.8, 4) is 0 Å². The van der Waals surface area contributed by atoms with Crippen LogP contribution in [0.1, 0.15) is 22.8 Å². The SMILES string of the molecule is CC(N)=O.O=C(c1ccccc1)c1ccccc1. The van der Waals surface area contributed by atoms with Crippen LogP contribution >= 0.6 is 0 Å². The van der Waals surface area contributed by atoms with Crippen molar-refractivity contribution in [3.05, 3.63) is 71.8 Å². The van der Waals surface area contributed by atoms with Gasteiger partial charge >= 0.3 is 0 Å². The Labute approximate surface area is 106 Å². The van der Waals surface area contributed by atoms with E-state index < -0.39 is 0 Å². The topological polar surface area (TPSA) is 60.2 Å². The van der Waals surface area contributed by atoms with Crippen LogP contribution < -0.4 is 5.73 Å². The minimum absolute atomic E-state index is 0.0752. The van der Waals surface area contributed by atoms with Gasteiger partial charge in [0.25, 0.3) is 0 Å². The Kier molecular flexibility index (Phi) is 5.32. The molecular formula is C15H15NO2. The number of amides is 1. The Hall–Kier alpha value is -2.42. The van der Waals surface area contributed by atoms with Crippen molar-refractivity contribution in [2.24, 2.45) is 5.73 Å². The zero-order valence-corrected chi connectivity index (χ0v) is 10.2. The molecule has 3 heteroatoms. The number of hydrogen-bond acceptors (Lipinski definition) is 2. The minimum Gasteiger partial charge on any atom is -0.370 e. The van der Waals surface area contributed by atoms with Crippen LogP contribution in [-0.4, -0.2) is 11.7 Å². The summed E-state index contributed by atoms with van der Waals surface area (Å²) in [5, 5.41) is 0. The number of benzene rings is 2. The van der Waals surface area contributed by atoms with Gasteiger partial charge in [0, 0.05) is 18.1 Å². The highest BCUT2D eigenvalue weighted by atomic mass is 16.1. The zero-order valence-electron chi connectivity index (χ0n) is 10.2. The summed E-state index contributed by atoms with van der Waals surface area (Å²) in [7, 11) is 0. The van der Waals surface area contributed by atoms with Crippen molar-refractivity contribution in [2.45, 2.75) is 6.92 Å². The molecule has 0 radical (unpaired) electrons. The summed E-state index contributed by atoms with van der Waals surface area (Å²) in [6, 6.07) is 18.6. The Morgan fingerprint density at radius 3 is 1.33 bits per heavy atom. The molecule has 0 unspecified atom stereocenters. The van der Waals surface area contributed by atoms with E-state index in [-0.39, 0.29) is 11.7 Å². The van der Waals surface area contributed by atoms with Crippen molar-refractivity contribution >= 4 is 11.7 Å². The normalized spacial score (nSPS) is 8.94. The molecule has 0 aliphatic rings. The summed E-state index contributed by atoms with van der Waals surface area (Å²) in [5.74, 6) is -0.258. The van der Waals surface area contributed by atoms with Crippen molar-refractivity contribution in [2.75, 3.05) is 0 Å². The maximum atomic E-state index is 11.8. The van der Waals surface area contributed by atoms with Crippen LogP contribution in [-0.2, 0) is 4.79 Å². The molecule has 0 spiro atoms. The maximum Gasteiger partial charge on any atom is 0.214 e. The molecule has 0 aliphatic carbocycles. The smallest absolute Gasteiger partial charge is 0.214 e. The average molecular weight is 241 g/mol. The molecule has 0 atom stereocenters. The molecule has 0 bridgehead atoms. The molecule has 0 heterocycles. The fraction of sp³-hybridized carbons (Fsp3) is 0.0667. The number of primary amides is 1. The Morgan fingerprint density at radius 2 is 1.06 bits per heavy atom. The lowest BCUT2D eigenvalue weighted by molar-refractivity contribution is -0.115. The van der Waals surface area contributed by atoms with E-state index in [1.807, 2.05) is 60.7 Å². The van der Waals surface area contributed by atoms with Crippen molar-refractivity contribution in [3.63, 3.8) is 0 Å². The van der Waals surface area contributed by atoms with Gasteiger partial charge in [-0.1, -0.05) is 60.7 Å². The third kappa shape index (κ3) is 4.61. The molecule has 18 heavy (non-hydrogen) atoms. The molecule has 2 N–H and O–H groups in total. The fourth-order valence-corrected chi connectivity index (χ4v) is 1.35. The first-order valence-corrected chi connectivity index (χ1v) is 5.52. The highest BCUT2D eigenvalue weighted by Crippen LogP contribution is 2.08. The summed E-state index contributed by atoms with van der Waals surface area (Å²) in [5.41, 5.74) is 5.94. The van der Waals surface area contributed by atoms with E-state index in [0.29, 0.717) is 0 Å². The Balaban J connectivity index is 0.000000357. The van der Waals surface area contributed by atoms with E-state index in [0.717, 1.165) is 11.1 Å². The van der Waals surface area contributed by atoms with Crippen LogP contribution in [0.3, 0.4) is 0 Å². The monoisotopic (exact) mass is 241 g/mol. The molecule has 3 nitrogen and oxygen atoms in total. The molecule has 2 aromatic rings. The lowest BCUT2D eigenvalue weighted by Crippen LogP contribution is -2.01. The van der Waals surface area contributed by atoms with E-state index in [4.69, 9.17) is 0 Å². The summed E-state index contributed by atoms with van der Waals surface area (Å²) in [4.78, 5) is 21.1. The van der Waals surface area contributed by atoms with E-state index in [1.165, 1.54) is 6.92 Å². The molecule has 2 aromatic carbocycles. The average Bonchev–Trinajstić information content (AvgIpc) is 2.39. The van der Waals surface area contributed by atoms with E-state index >= 15 is 0 Å². The van der Waals surface area contributed by atoms with Crippen LogP contribution in [0.2, 0.25) is 0 Å². The van der Waals surface area contributed by atoms with Gasteiger partial charge in [-0.15, -0.1) is 0 Å². The third-order valence-electron chi connectivity index (χ3n) is 2.07. The van der Waals surface area contributed by atoms with Gasteiger partial charge in [0.2, 0.25) is 5.91 Å². The van der Waals surface area contributed by atoms with E-state index in [2.05, 4.69) is 5.73 Å². The lowest BCUT2D eigenvalue weighted by Gasteiger charge is -1.99. The summed E-state index contributed by atoms with van der Waals surface area (Å²) in [6.07, 6.45) is 0. The van der Waals surface area contributed by atoms with Crippen LogP contribution in [0.4, 0.5) is 0 Å². The second-order valence-corrected chi connectivity index (χ2v) is 3.67. The quantitative estimate of drug-likeness (QED) is 0.821. The molecule has 0 saturated carbocycles. The predicted molar refractivity (Wildman–Crippen MR) is 71.2 cm³/mol. The summed E-state index contributed by atoms with van der Waals surface area (Å²) in [6.45, 7) is 1.31. The first kappa shape index (κ1) is 13.6. The second kappa shape index (κ2) is 7.01. The first-order valence-electron chi connectivity index (χ1n) is 5.52. The number of nitrogens with two attached hydrogens (primary N) is 1. The molecular weight excluding hydrogens is 226 g/mol. The van der Waals surface area contributed by atoms with Crippen molar-refractivity contribution < 1.29 is 9.59 Å². The number of carbonyl (C=O) groups is 2. The van der Waals surface area contributed by atoms with Gasteiger partial charge in [-0.25, -0.2) is 0 Å². The lowest BCUT2D eigenvalue weighted by atomic mass is 10.0. The van der Waals surface area contributed by atoms with Gasteiger partial charge in [0.1, 0.15) is 0 Å². The van der Waals surface area contributed by atoms with Crippen molar-refractivity contribution in [1.82, 2.24) is 0 Å². The summed E-state index contributed by atoms with van der Waals surface area (Å²) < 4.78 is 0. The van der Waals surface area contributed by atoms with Crippen LogP contribution in [0.25, 0.3) is 0 Å². The Morgan fingerprint density at radius 1 is 0.778 bits per heavy atom. The van der Waals surface area contributed by atoms with Crippen molar-refractivity contribution in [1.29, 1.82) is 0 Å². The van der Waals surface area contributed by atoms with Crippen LogP contribution in [0, 0.1) is 0 Å². The van der Waals surface area contributed by atoms with Gasteiger partial charge in [-0.05, 0) is 0 Å². The van der Waals surface area contributed by atoms with Gasteiger partial charge in [-0.2, -0.15) is 0 Å². The van der Waals surface area contributed by atoms with Gasteiger partial charge in [0.05, 0.1) is 0 Å². The number of carbonyl (C=O) groups excluding carboxylic acids is 2. The predicted octanol–water partition coefficient (Wildman–Crippen LogP) is 2.41. The fourth-order valence-electron chi connectivity index (χ4n) is 1.35. The Bertz CT molecular complexity index is 461. The maximum absolute atomic E-state index is 11.8. The highest BCUT2D eigenvalue weighted by molar-refractivity contribution is 6.08. The number of hydrogen-bond donors (Lipinski definition) is 1. The molecule has 0 aromatic heterocycles. The van der Waals surface area contributed by atoms with Gasteiger partial charge in [0.15, 0.2) is 5.78 Å². The zero-order chi connectivity index (χ0) is 13.4. The standard InChI is InChI=1S/C13H10O.C2H5NO/c14-13(11-7-3-1-4-8-11)12-9-5-2-6-10-12;1-2(3)4/h1-10H;1H3,(H2,3,4). The molecule has 0 aliphatic heterocycles. The first-order chi connectivity index (χ1) is 8.61. The van der Waals surface area contributed by atoms with E-state index in [1.54, 1.807) is 0 Å². The number of rotatable bonds is 2. The van der Waals surface area contributed by atoms with E-state index in [9.17, 15) is 9.59 Å². The van der Waals surface area contributed by atoms with Crippen LogP contribution in [0.5, 0.6) is 0 Å². The molecule has 92 valence electrons. The molecule has 0 fully saturated rings. The van der Waals surface area contributed by atoms with Gasteiger partial charge < -0.3 is 5.73 Å².